The van der Waals surface area contributed by atoms with Crippen molar-refractivity contribution in [3.8, 4) is 0 Å². The molecular formula is C9H9ClF3N. The van der Waals surface area contributed by atoms with Crippen molar-refractivity contribution >= 4 is 11.6 Å². The molecule has 0 bridgehead atoms. The van der Waals surface area contributed by atoms with Crippen LogP contribution in [0.2, 0.25) is 5.02 Å². The van der Waals surface area contributed by atoms with E-state index in [-0.39, 0.29) is 5.56 Å². The van der Waals surface area contributed by atoms with Crippen LogP contribution in [0.15, 0.2) is 6.07 Å². The Balaban J connectivity index is 3.33. The molecule has 1 nitrogen and oxygen atoms in total. The first-order valence-corrected chi connectivity index (χ1v) is 4.45. The van der Waals surface area contributed by atoms with E-state index in [1.165, 1.54) is 0 Å². The number of halogens is 4. The first-order valence-electron chi connectivity index (χ1n) is 4.07. The molecule has 0 fully saturated rings. The van der Waals surface area contributed by atoms with E-state index in [0.717, 1.165) is 6.07 Å². The summed E-state index contributed by atoms with van der Waals surface area (Å²) in [7, 11) is 0. The average Bonchev–Trinajstić information content (AvgIpc) is 2.19. The normalized spacial score (nSPS) is 13.0. The molecule has 0 aliphatic heterocycles. The standard InChI is InChI=1S/C9H9ClF3N/c1-2-6(14)4-3-5(11)9(13)7(10)8(4)12/h3,6H,2,14H2,1H3. The molecule has 14 heavy (non-hydrogen) atoms. The predicted molar refractivity (Wildman–Crippen MR) is 48.5 cm³/mol. The first-order chi connectivity index (χ1) is 6.49. The molecule has 1 unspecified atom stereocenters. The fraction of sp³-hybridized carbons (Fsp3) is 0.333. The lowest BCUT2D eigenvalue weighted by atomic mass is 10.0. The minimum atomic E-state index is -1.38. The lowest BCUT2D eigenvalue weighted by molar-refractivity contribution is 0.484. The van der Waals surface area contributed by atoms with Crippen LogP contribution < -0.4 is 5.73 Å². The summed E-state index contributed by atoms with van der Waals surface area (Å²) in [6.45, 7) is 1.71. The maximum absolute atomic E-state index is 13.3. The van der Waals surface area contributed by atoms with Crippen molar-refractivity contribution in [3.63, 3.8) is 0 Å². The van der Waals surface area contributed by atoms with Crippen molar-refractivity contribution in [3.05, 3.63) is 34.1 Å². The van der Waals surface area contributed by atoms with Gasteiger partial charge in [0.05, 0.1) is 0 Å². The van der Waals surface area contributed by atoms with Gasteiger partial charge in [-0.2, -0.15) is 0 Å². The van der Waals surface area contributed by atoms with Gasteiger partial charge in [0.25, 0.3) is 0 Å². The Morgan fingerprint density at radius 2 is 1.93 bits per heavy atom. The molecule has 1 aromatic rings. The molecule has 0 aromatic heterocycles. The lowest BCUT2D eigenvalue weighted by Gasteiger charge is -2.11. The van der Waals surface area contributed by atoms with Crippen LogP contribution in [0.3, 0.4) is 0 Å². The number of hydrogen-bond acceptors (Lipinski definition) is 1. The van der Waals surface area contributed by atoms with Crippen LogP contribution in [-0.2, 0) is 0 Å². The molecule has 0 saturated heterocycles. The van der Waals surface area contributed by atoms with Crippen molar-refractivity contribution in [2.75, 3.05) is 0 Å². The summed E-state index contributed by atoms with van der Waals surface area (Å²) < 4.78 is 38.8. The van der Waals surface area contributed by atoms with Crippen LogP contribution in [0.1, 0.15) is 24.9 Å². The van der Waals surface area contributed by atoms with Crippen LogP contribution in [0.4, 0.5) is 13.2 Å². The Hall–Kier alpha value is -0.740. The zero-order valence-corrected chi connectivity index (χ0v) is 8.21. The molecule has 0 amide bonds. The highest BCUT2D eigenvalue weighted by molar-refractivity contribution is 6.31. The Morgan fingerprint density at radius 3 is 2.43 bits per heavy atom. The Morgan fingerprint density at radius 1 is 1.36 bits per heavy atom. The number of benzene rings is 1. The second kappa shape index (κ2) is 4.19. The third-order valence-corrected chi connectivity index (χ3v) is 2.30. The van der Waals surface area contributed by atoms with E-state index in [4.69, 9.17) is 17.3 Å². The summed E-state index contributed by atoms with van der Waals surface area (Å²) in [5.74, 6) is -3.55. The van der Waals surface area contributed by atoms with Crippen molar-refractivity contribution in [2.24, 2.45) is 5.73 Å². The van der Waals surface area contributed by atoms with Gasteiger partial charge in [0.15, 0.2) is 11.6 Å². The van der Waals surface area contributed by atoms with Crippen LogP contribution in [0, 0.1) is 17.5 Å². The monoisotopic (exact) mass is 223 g/mol. The third-order valence-electron chi connectivity index (χ3n) is 1.97. The maximum atomic E-state index is 13.3. The third kappa shape index (κ3) is 1.86. The molecule has 1 rings (SSSR count). The van der Waals surface area contributed by atoms with Gasteiger partial charge in [-0.1, -0.05) is 18.5 Å². The molecule has 1 aromatic carbocycles. The number of hydrogen-bond donors (Lipinski definition) is 1. The summed E-state index contributed by atoms with van der Waals surface area (Å²) in [6.07, 6.45) is 0.415. The van der Waals surface area contributed by atoms with Gasteiger partial charge in [0.1, 0.15) is 10.8 Å². The van der Waals surface area contributed by atoms with E-state index in [1.807, 2.05) is 0 Å². The molecule has 5 heteroatoms. The van der Waals surface area contributed by atoms with E-state index >= 15 is 0 Å². The van der Waals surface area contributed by atoms with Gasteiger partial charge >= 0.3 is 0 Å². The van der Waals surface area contributed by atoms with Gasteiger partial charge in [-0.15, -0.1) is 0 Å². The summed E-state index contributed by atoms with van der Waals surface area (Å²) in [6, 6.07) is 0.0626. The van der Waals surface area contributed by atoms with E-state index < -0.39 is 28.5 Å². The molecule has 0 saturated carbocycles. The summed E-state index contributed by atoms with van der Waals surface area (Å²) in [5.41, 5.74) is 5.39. The fourth-order valence-corrected chi connectivity index (χ4v) is 1.28. The Kier molecular flexibility index (Phi) is 3.39. The first kappa shape index (κ1) is 11.3. The van der Waals surface area contributed by atoms with Gasteiger partial charge in [-0.3, -0.25) is 0 Å². The van der Waals surface area contributed by atoms with E-state index in [9.17, 15) is 13.2 Å². The maximum Gasteiger partial charge on any atom is 0.180 e. The molecule has 0 spiro atoms. The minimum Gasteiger partial charge on any atom is -0.324 e. The van der Waals surface area contributed by atoms with Gasteiger partial charge in [-0.05, 0) is 12.5 Å². The topological polar surface area (TPSA) is 26.0 Å². The zero-order valence-electron chi connectivity index (χ0n) is 7.45. The summed E-state index contributed by atoms with van der Waals surface area (Å²) >= 11 is 5.24. The fourth-order valence-electron chi connectivity index (χ4n) is 1.08. The smallest absolute Gasteiger partial charge is 0.180 e. The predicted octanol–water partition coefficient (Wildman–Crippen LogP) is 3.17. The molecule has 78 valence electrons. The molecule has 0 radical (unpaired) electrons. The van der Waals surface area contributed by atoms with Crippen LogP contribution in [0.25, 0.3) is 0 Å². The Labute approximate surface area is 84.7 Å². The zero-order chi connectivity index (χ0) is 10.9. The van der Waals surface area contributed by atoms with Crippen molar-refractivity contribution < 1.29 is 13.2 Å². The van der Waals surface area contributed by atoms with Crippen molar-refractivity contribution in [2.45, 2.75) is 19.4 Å². The molecule has 0 aliphatic rings. The van der Waals surface area contributed by atoms with E-state index in [2.05, 4.69) is 0 Å². The Bertz CT molecular complexity index is 354. The van der Waals surface area contributed by atoms with Gasteiger partial charge < -0.3 is 5.73 Å². The number of nitrogens with two attached hydrogens (primary N) is 1. The second-order valence-corrected chi connectivity index (χ2v) is 3.28. The largest absolute Gasteiger partial charge is 0.324 e. The molecule has 1 atom stereocenters. The van der Waals surface area contributed by atoms with Crippen LogP contribution >= 0.6 is 11.6 Å². The molecule has 0 heterocycles. The van der Waals surface area contributed by atoms with Crippen molar-refractivity contribution in [1.29, 1.82) is 0 Å². The highest BCUT2D eigenvalue weighted by Gasteiger charge is 2.19. The van der Waals surface area contributed by atoms with Gasteiger partial charge in [-0.25, -0.2) is 13.2 Å². The minimum absolute atomic E-state index is 0.101. The highest BCUT2D eigenvalue weighted by Crippen LogP contribution is 2.28. The summed E-state index contributed by atoms with van der Waals surface area (Å²) in [5, 5.41) is -0.844. The van der Waals surface area contributed by atoms with Crippen LogP contribution in [0.5, 0.6) is 0 Å². The lowest BCUT2D eigenvalue weighted by Crippen LogP contribution is -2.12. The quantitative estimate of drug-likeness (QED) is 0.605. The SMILES string of the molecule is CCC(N)c1cc(F)c(F)c(Cl)c1F. The van der Waals surface area contributed by atoms with E-state index in [0.29, 0.717) is 6.42 Å². The second-order valence-electron chi connectivity index (χ2n) is 2.90. The number of rotatable bonds is 2. The average molecular weight is 224 g/mol. The molecule has 2 N–H and O–H groups in total. The van der Waals surface area contributed by atoms with E-state index in [1.54, 1.807) is 6.92 Å². The van der Waals surface area contributed by atoms with Gasteiger partial charge in [0, 0.05) is 11.6 Å². The molecular weight excluding hydrogens is 215 g/mol. The van der Waals surface area contributed by atoms with Crippen molar-refractivity contribution in [1.82, 2.24) is 0 Å². The highest BCUT2D eigenvalue weighted by atomic mass is 35.5. The summed E-state index contributed by atoms with van der Waals surface area (Å²) in [4.78, 5) is 0. The van der Waals surface area contributed by atoms with Gasteiger partial charge in [0.2, 0.25) is 0 Å². The molecule has 0 aliphatic carbocycles. The van der Waals surface area contributed by atoms with Crippen LogP contribution in [-0.4, -0.2) is 0 Å².